The Kier molecular flexibility index (Phi) is 4.58. The topological polar surface area (TPSA) is 94.6 Å². The van der Waals surface area contributed by atoms with E-state index in [4.69, 9.17) is 9.15 Å². The van der Waals surface area contributed by atoms with Crippen LogP contribution in [-0.2, 0) is 12.6 Å². The first-order chi connectivity index (χ1) is 12.2. The van der Waals surface area contributed by atoms with Gasteiger partial charge in [-0.1, -0.05) is 0 Å². The Balaban J connectivity index is 1.69. The average Bonchev–Trinajstić information content (AvgIpc) is 3.01. The molecule has 1 aliphatic carbocycles. The van der Waals surface area contributed by atoms with E-state index >= 15 is 0 Å². The van der Waals surface area contributed by atoms with E-state index in [1.165, 1.54) is 24.3 Å². The molecule has 138 valence electrons. The molecule has 26 heavy (non-hydrogen) atoms. The number of ether oxygens (including phenoxy) is 1. The zero-order valence-electron chi connectivity index (χ0n) is 13.2. The van der Waals surface area contributed by atoms with Gasteiger partial charge >= 0.3 is 12.3 Å². The number of halogens is 3. The largest absolute Gasteiger partial charge is 0.454 e. The van der Waals surface area contributed by atoms with Crippen LogP contribution in [0.4, 0.5) is 23.7 Å². The molecule has 0 aliphatic heterocycles. The molecule has 0 spiro atoms. The first-order valence-corrected chi connectivity index (χ1v) is 7.66. The third kappa shape index (κ3) is 3.79. The second-order valence-corrected chi connectivity index (χ2v) is 5.73. The fourth-order valence-corrected chi connectivity index (χ4v) is 2.75. The number of nitro benzene ring substituents is 1. The van der Waals surface area contributed by atoms with Crippen molar-refractivity contribution in [3.63, 3.8) is 0 Å². The second kappa shape index (κ2) is 6.70. The number of furan rings is 1. The van der Waals surface area contributed by atoms with Gasteiger partial charge in [0.2, 0.25) is 5.76 Å². The molecule has 1 atom stereocenters. The molecular weight excluding hydrogens is 357 g/mol. The SMILES string of the molecule is O=C(NC1CCCc2cc(C(F)(F)F)oc21)Oc1ccc([N+](=O)[O-])cc1. The molecule has 2 aromatic rings. The van der Waals surface area contributed by atoms with Crippen LogP contribution in [0.15, 0.2) is 34.7 Å². The molecule has 1 heterocycles. The van der Waals surface area contributed by atoms with Crippen molar-refractivity contribution in [2.75, 3.05) is 0 Å². The monoisotopic (exact) mass is 370 g/mol. The molecule has 10 heteroatoms. The number of fused-ring (bicyclic) bond motifs is 1. The molecule has 0 saturated heterocycles. The van der Waals surface area contributed by atoms with Gasteiger partial charge in [0.15, 0.2) is 0 Å². The van der Waals surface area contributed by atoms with Gasteiger partial charge in [0, 0.05) is 12.1 Å². The van der Waals surface area contributed by atoms with Gasteiger partial charge in [-0.25, -0.2) is 4.79 Å². The van der Waals surface area contributed by atoms with E-state index in [2.05, 4.69) is 5.32 Å². The fourth-order valence-electron chi connectivity index (χ4n) is 2.75. The Morgan fingerprint density at radius 1 is 1.31 bits per heavy atom. The lowest BCUT2D eigenvalue weighted by molar-refractivity contribution is -0.384. The number of amides is 1. The minimum absolute atomic E-state index is 0.0690. The number of carbonyl (C=O) groups is 1. The highest BCUT2D eigenvalue weighted by atomic mass is 19.4. The number of hydrogen-bond donors (Lipinski definition) is 1. The molecule has 0 saturated carbocycles. The molecule has 1 N–H and O–H groups in total. The van der Waals surface area contributed by atoms with Crippen molar-refractivity contribution < 1.29 is 32.0 Å². The maximum Gasteiger partial charge on any atom is 0.449 e. The summed E-state index contributed by atoms with van der Waals surface area (Å²) in [4.78, 5) is 22.0. The van der Waals surface area contributed by atoms with Crippen molar-refractivity contribution >= 4 is 11.8 Å². The summed E-state index contributed by atoms with van der Waals surface area (Å²) in [5.74, 6) is -0.955. The van der Waals surface area contributed by atoms with Gasteiger partial charge in [0.05, 0.1) is 11.0 Å². The molecule has 0 radical (unpaired) electrons. The summed E-state index contributed by atoms with van der Waals surface area (Å²) in [7, 11) is 0. The number of hydrogen-bond acceptors (Lipinski definition) is 5. The molecule has 1 unspecified atom stereocenters. The zero-order valence-corrected chi connectivity index (χ0v) is 13.2. The minimum atomic E-state index is -4.60. The van der Waals surface area contributed by atoms with Gasteiger partial charge in [-0.3, -0.25) is 10.1 Å². The van der Waals surface area contributed by atoms with Crippen LogP contribution in [0.1, 0.15) is 36.0 Å². The van der Waals surface area contributed by atoms with Gasteiger partial charge < -0.3 is 14.5 Å². The Morgan fingerprint density at radius 3 is 2.62 bits per heavy atom. The van der Waals surface area contributed by atoms with Gasteiger partial charge in [-0.15, -0.1) is 0 Å². The van der Waals surface area contributed by atoms with Crippen molar-refractivity contribution in [3.8, 4) is 5.75 Å². The van der Waals surface area contributed by atoms with Crippen molar-refractivity contribution in [2.45, 2.75) is 31.5 Å². The highest BCUT2D eigenvalue weighted by molar-refractivity contribution is 5.71. The summed E-state index contributed by atoms with van der Waals surface area (Å²) < 4.78 is 48.3. The number of alkyl halides is 3. The number of rotatable bonds is 3. The van der Waals surface area contributed by atoms with Crippen LogP contribution in [0.3, 0.4) is 0 Å². The zero-order chi connectivity index (χ0) is 18.9. The third-order valence-electron chi connectivity index (χ3n) is 3.93. The molecule has 3 rings (SSSR count). The van der Waals surface area contributed by atoms with Crippen molar-refractivity contribution in [1.82, 2.24) is 5.32 Å². The van der Waals surface area contributed by atoms with Gasteiger partial charge in [0.25, 0.3) is 5.69 Å². The van der Waals surface area contributed by atoms with E-state index in [0.29, 0.717) is 24.8 Å². The normalized spacial score (nSPS) is 16.7. The Hall–Kier alpha value is -3.04. The number of carbonyl (C=O) groups excluding carboxylic acids is 1. The highest BCUT2D eigenvalue weighted by Gasteiger charge is 2.38. The smallest absolute Gasteiger partial charge is 0.449 e. The number of nitro groups is 1. The Morgan fingerprint density at radius 2 is 2.00 bits per heavy atom. The van der Waals surface area contributed by atoms with Crippen LogP contribution in [-0.4, -0.2) is 11.0 Å². The molecule has 1 aromatic heterocycles. The molecule has 1 aromatic carbocycles. The lowest BCUT2D eigenvalue weighted by Crippen LogP contribution is -2.32. The summed E-state index contributed by atoms with van der Waals surface area (Å²) >= 11 is 0. The van der Waals surface area contributed by atoms with Crippen LogP contribution >= 0.6 is 0 Å². The number of aryl methyl sites for hydroxylation is 1. The van der Waals surface area contributed by atoms with E-state index in [-0.39, 0.29) is 17.2 Å². The van der Waals surface area contributed by atoms with E-state index < -0.39 is 29.0 Å². The van der Waals surface area contributed by atoms with Gasteiger partial charge in [0.1, 0.15) is 11.5 Å². The fraction of sp³-hybridized carbons (Fsp3) is 0.312. The number of non-ortho nitro benzene ring substituents is 1. The maximum atomic E-state index is 12.8. The number of nitrogens with zero attached hydrogens (tertiary/aromatic N) is 1. The van der Waals surface area contributed by atoms with Crippen LogP contribution < -0.4 is 10.1 Å². The molecular formula is C16H13F3N2O5. The third-order valence-corrected chi connectivity index (χ3v) is 3.93. The first kappa shape index (κ1) is 17.8. The van der Waals surface area contributed by atoms with Gasteiger partial charge in [-0.05, 0) is 43.0 Å². The van der Waals surface area contributed by atoms with Crippen molar-refractivity contribution in [2.24, 2.45) is 0 Å². The van der Waals surface area contributed by atoms with Crippen LogP contribution in [0.5, 0.6) is 5.75 Å². The van der Waals surface area contributed by atoms with Crippen LogP contribution in [0.2, 0.25) is 0 Å². The van der Waals surface area contributed by atoms with Crippen LogP contribution in [0.25, 0.3) is 0 Å². The van der Waals surface area contributed by atoms with Gasteiger partial charge in [-0.2, -0.15) is 13.2 Å². The van der Waals surface area contributed by atoms with Crippen LogP contribution in [0, 0.1) is 10.1 Å². The Bertz CT molecular complexity index is 829. The summed E-state index contributed by atoms with van der Waals surface area (Å²) in [6, 6.07) is 5.05. The highest BCUT2D eigenvalue weighted by Crippen LogP contribution is 2.38. The Labute approximate surface area is 144 Å². The summed E-state index contributed by atoms with van der Waals surface area (Å²) in [6.45, 7) is 0. The summed E-state index contributed by atoms with van der Waals surface area (Å²) in [5.41, 5.74) is 0.245. The molecule has 0 bridgehead atoms. The number of nitrogens with one attached hydrogen (secondary N) is 1. The second-order valence-electron chi connectivity index (χ2n) is 5.73. The standard InChI is InChI=1S/C16H13F3N2O5/c17-16(18,19)13-8-9-2-1-3-12(14(9)26-13)20-15(22)25-11-6-4-10(5-7-11)21(23)24/h4-8,12H,1-3H2,(H,20,22). The van der Waals surface area contributed by atoms with E-state index in [9.17, 15) is 28.1 Å². The lowest BCUT2D eigenvalue weighted by Gasteiger charge is -2.21. The molecule has 7 nitrogen and oxygen atoms in total. The van der Waals surface area contributed by atoms with E-state index in [1.807, 2.05) is 0 Å². The quantitative estimate of drug-likeness (QED) is 0.639. The predicted molar refractivity (Wildman–Crippen MR) is 81.6 cm³/mol. The van der Waals surface area contributed by atoms with Crippen molar-refractivity contribution in [1.29, 1.82) is 0 Å². The first-order valence-electron chi connectivity index (χ1n) is 7.66. The molecule has 1 aliphatic rings. The number of benzene rings is 1. The summed E-state index contributed by atoms with van der Waals surface area (Å²) in [6.07, 6.45) is -4.05. The predicted octanol–water partition coefficient (Wildman–Crippen LogP) is 4.37. The van der Waals surface area contributed by atoms with E-state index in [0.717, 1.165) is 6.07 Å². The molecule has 1 amide bonds. The minimum Gasteiger partial charge on any atom is -0.454 e. The summed E-state index contributed by atoms with van der Waals surface area (Å²) in [5, 5.41) is 13.1. The maximum absolute atomic E-state index is 12.8. The lowest BCUT2D eigenvalue weighted by atomic mass is 9.94. The van der Waals surface area contributed by atoms with E-state index in [1.54, 1.807) is 0 Å². The average molecular weight is 370 g/mol. The van der Waals surface area contributed by atoms with Crippen molar-refractivity contribution in [3.05, 3.63) is 57.5 Å². The molecule has 0 fully saturated rings.